The Labute approximate surface area is 290 Å². The third-order valence-corrected chi connectivity index (χ3v) is 12.2. The van der Waals surface area contributed by atoms with Gasteiger partial charge in [-0.15, -0.1) is 0 Å². The predicted molar refractivity (Wildman–Crippen MR) is 191 cm³/mol. The molecular weight excluding hydrogens is 655 g/mol. The van der Waals surface area contributed by atoms with E-state index in [0.29, 0.717) is 27.1 Å². The molecule has 50 heavy (non-hydrogen) atoms. The number of anilines is 1. The van der Waals surface area contributed by atoms with Crippen molar-refractivity contribution in [3.05, 3.63) is 120 Å². The zero-order valence-corrected chi connectivity index (χ0v) is 28.3. The summed E-state index contributed by atoms with van der Waals surface area (Å²) in [7, 11) is -2.80. The lowest BCUT2D eigenvalue weighted by molar-refractivity contribution is -0.147. The number of fused-ring (bicyclic) bond motifs is 3. The molecule has 4 aromatic rings. The van der Waals surface area contributed by atoms with Gasteiger partial charge in [0.2, 0.25) is 23.6 Å². The minimum atomic E-state index is -4.00. The molecule has 4 amide bonds. The van der Waals surface area contributed by atoms with Gasteiger partial charge in [-0.3, -0.25) is 28.6 Å². The zero-order chi connectivity index (χ0) is 35.2. The number of rotatable bonds is 6. The zero-order valence-electron chi connectivity index (χ0n) is 27.4. The average Bonchev–Trinajstić information content (AvgIpc) is 3.08. The molecule has 0 N–H and O–H groups in total. The highest BCUT2D eigenvalue weighted by molar-refractivity contribution is 7.69. The lowest BCUT2D eigenvalue weighted by Gasteiger charge is -2.42. The highest BCUT2D eigenvalue weighted by atomic mass is 31.2. The summed E-state index contributed by atoms with van der Waals surface area (Å²) in [6.45, 7) is 8.80. The molecule has 2 unspecified atom stereocenters. The van der Waals surface area contributed by atoms with Gasteiger partial charge in [-0.2, -0.15) is 0 Å². The number of hydrogen-bond acceptors (Lipinski definition) is 8. The van der Waals surface area contributed by atoms with Crippen LogP contribution >= 0.6 is 7.37 Å². The maximum Gasteiger partial charge on any atom is 0.338 e. The second-order valence-corrected chi connectivity index (χ2v) is 14.9. The SMILES string of the molecule is C.C=C(C)C(=O)Oc1cc(C(C)(c2ccc(C)cc2)P2(=O)Oc3ccccc3-c3ccccc32)ccc1N1C(=O)CC(=O)N(C)C(=O)CC1=O. The molecule has 256 valence electrons. The van der Waals surface area contributed by atoms with Crippen LogP contribution in [0.4, 0.5) is 5.69 Å². The number of hydrogen-bond donors (Lipinski definition) is 0. The second-order valence-electron chi connectivity index (χ2n) is 12.3. The Kier molecular flexibility index (Phi) is 9.54. The number of carbonyl (C=O) groups is 5. The summed E-state index contributed by atoms with van der Waals surface area (Å²) in [6, 6.07) is 26.6. The van der Waals surface area contributed by atoms with E-state index in [1.165, 1.54) is 26.1 Å². The Bertz CT molecular complexity index is 2110. The Morgan fingerprint density at radius 3 is 2.00 bits per heavy atom. The molecule has 2 aliphatic rings. The summed E-state index contributed by atoms with van der Waals surface area (Å²) >= 11 is 0. The normalized spacial score (nSPS) is 18.4. The molecule has 0 spiro atoms. The number of ether oxygens (including phenoxy) is 1. The standard InChI is InChI=1S/C38H33N2O8P.CH4/c1-23(2)37(45)47-31-20-26(18-19-29(31)40-35(43)21-33(41)39(5)34(42)22-36(40)44)38(4,25-16-14-24(3)15-17-25)49(46)32-13-9-7-11-28(32)27-10-6-8-12-30(27)48-49;/h6-20H,1,21-22H2,2-5H3;1H4. The van der Waals surface area contributed by atoms with Crippen molar-refractivity contribution in [1.82, 2.24) is 4.90 Å². The average molecular weight is 693 g/mol. The predicted octanol–water partition coefficient (Wildman–Crippen LogP) is 6.68. The Morgan fingerprint density at radius 1 is 0.820 bits per heavy atom. The van der Waals surface area contributed by atoms with Crippen molar-refractivity contribution >= 4 is 48.0 Å². The van der Waals surface area contributed by atoms with E-state index in [0.717, 1.165) is 21.6 Å². The maximum atomic E-state index is 15.9. The summed E-state index contributed by atoms with van der Waals surface area (Å²) in [5.41, 5.74) is 3.36. The van der Waals surface area contributed by atoms with E-state index >= 15 is 4.57 Å². The molecule has 0 bridgehead atoms. The molecule has 2 aliphatic heterocycles. The van der Waals surface area contributed by atoms with Crippen molar-refractivity contribution in [3.63, 3.8) is 0 Å². The van der Waals surface area contributed by atoms with Crippen LogP contribution in [0.25, 0.3) is 11.1 Å². The number of amides is 4. The minimum absolute atomic E-state index is 0. The number of carbonyl (C=O) groups excluding carboxylic acids is 5. The first-order chi connectivity index (χ1) is 23.3. The van der Waals surface area contributed by atoms with Gasteiger partial charge in [0.1, 0.15) is 23.7 Å². The summed E-state index contributed by atoms with van der Waals surface area (Å²) < 4.78 is 28.2. The van der Waals surface area contributed by atoms with Crippen LogP contribution in [0.5, 0.6) is 11.5 Å². The molecule has 1 saturated heterocycles. The van der Waals surface area contributed by atoms with Crippen LogP contribution in [0, 0.1) is 6.92 Å². The fourth-order valence-corrected chi connectivity index (χ4v) is 9.06. The highest BCUT2D eigenvalue weighted by Gasteiger charge is 2.54. The van der Waals surface area contributed by atoms with Crippen LogP contribution < -0.4 is 19.5 Å². The number of nitrogens with zero attached hydrogens (tertiary/aromatic N) is 2. The van der Waals surface area contributed by atoms with Gasteiger partial charge in [0.15, 0.2) is 5.75 Å². The lowest BCUT2D eigenvalue weighted by atomic mass is 9.90. The summed E-state index contributed by atoms with van der Waals surface area (Å²) in [5, 5.41) is -0.955. The van der Waals surface area contributed by atoms with Crippen molar-refractivity contribution in [2.24, 2.45) is 0 Å². The minimum Gasteiger partial charge on any atom is -0.438 e. The molecule has 1 fully saturated rings. The van der Waals surface area contributed by atoms with Gasteiger partial charge in [0.25, 0.3) is 7.37 Å². The summed E-state index contributed by atoms with van der Waals surface area (Å²) in [5.74, 6) is -4.06. The molecule has 2 heterocycles. The van der Waals surface area contributed by atoms with Gasteiger partial charge >= 0.3 is 5.97 Å². The van der Waals surface area contributed by atoms with Gasteiger partial charge in [-0.25, -0.2) is 9.69 Å². The number of imide groups is 2. The van der Waals surface area contributed by atoms with E-state index in [2.05, 4.69) is 6.58 Å². The fourth-order valence-electron chi connectivity index (χ4n) is 6.10. The molecule has 6 rings (SSSR count). The Balaban J connectivity index is 0.00000486. The fraction of sp³-hybridized carbons (Fsp3) is 0.205. The molecule has 10 nitrogen and oxygen atoms in total. The van der Waals surface area contributed by atoms with Gasteiger partial charge in [-0.1, -0.05) is 86.3 Å². The second kappa shape index (κ2) is 13.4. The van der Waals surface area contributed by atoms with Gasteiger partial charge in [0, 0.05) is 18.2 Å². The van der Waals surface area contributed by atoms with Crippen LogP contribution in [-0.2, 0) is 33.7 Å². The third-order valence-electron chi connectivity index (χ3n) is 8.99. The summed E-state index contributed by atoms with van der Waals surface area (Å²) in [6.07, 6.45) is -1.55. The molecular formula is C39H37N2O8P. The van der Waals surface area contributed by atoms with Crippen LogP contribution in [-0.4, -0.2) is 41.5 Å². The third kappa shape index (κ3) is 5.86. The van der Waals surface area contributed by atoms with Crippen LogP contribution in [0.2, 0.25) is 0 Å². The van der Waals surface area contributed by atoms with Crippen LogP contribution in [0.3, 0.4) is 0 Å². The largest absolute Gasteiger partial charge is 0.438 e. The van der Waals surface area contributed by atoms with Crippen molar-refractivity contribution < 1.29 is 37.8 Å². The van der Waals surface area contributed by atoms with Gasteiger partial charge in [0.05, 0.1) is 11.0 Å². The van der Waals surface area contributed by atoms with Crippen molar-refractivity contribution in [1.29, 1.82) is 0 Å². The van der Waals surface area contributed by atoms with E-state index in [1.54, 1.807) is 37.3 Å². The molecule has 2 atom stereocenters. The van der Waals surface area contributed by atoms with Gasteiger partial charge in [-0.05, 0) is 61.7 Å². The number of aryl methyl sites for hydroxylation is 1. The monoisotopic (exact) mass is 692 g/mol. The van der Waals surface area contributed by atoms with Crippen LogP contribution in [0.1, 0.15) is 50.8 Å². The Morgan fingerprint density at radius 2 is 1.38 bits per heavy atom. The van der Waals surface area contributed by atoms with Crippen molar-refractivity contribution in [2.75, 3.05) is 11.9 Å². The first-order valence-corrected chi connectivity index (χ1v) is 17.1. The van der Waals surface area contributed by atoms with E-state index in [9.17, 15) is 24.0 Å². The number of esters is 1. The maximum absolute atomic E-state index is 15.9. The molecule has 4 aromatic carbocycles. The quantitative estimate of drug-likeness (QED) is 0.0547. The summed E-state index contributed by atoms with van der Waals surface area (Å²) in [4.78, 5) is 66.5. The number of benzene rings is 4. The van der Waals surface area contributed by atoms with E-state index in [-0.39, 0.29) is 24.4 Å². The molecule has 0 saturated carbocycles. The van der Waals surface area contributed by atoms with Gasteiger partial charge < -0.3 is 9.26 Å². The lowest BCUT2D eigenvalue weighted by Crippen LogP contribution is -2.47. The van der Waals surface area contributed by atoms with Crippen molar-refractivity contribution in [2.45, 2.75) is 46.2 Å². The van der Waals surface area contributed by atoms with E-state index in [1.807, 2.05) is 55.5 Å². The van der Waals surface area contributed by atoms with E-state index in [4.69, 9.17) is 9.26 Å². The molecule has 0 aliphatic carbocycles. The van der Waals surface area contributed by atoms with Crippen LogP contribution in [0.15, 0.2) is 103 Å². The molecule has 11 heteroatoms. The molecule has 0 radical (unpaired) electrons. The first kappa shape index (κ1) is 35.7. The highest BCUT2D eigenvalue weighted by Crippen LogP contribution is 2.69. The molecule has 0 aromatic heterocycles. The first-order valence-electron chi connectivity index (χ1n) is 15.5. The number of para-hydroxylation sites is 1. The Hall–Kier alpha value is -5.60. The van der Waals surface area contributed by atoms with E-state index < -0.39 is 55.0 Å². The topological polar surface area (TPSA) is 127 Å². The van der Waals surface area contributed by atoms with Crippen molar-refractivity contribution in [3.8, 4) is 22.6 Å². The smallest absolute Gasteiger partial charge is 0.338 e.